The van der Waals surface area contributed by atoms with Crippen molar-refractivity contribution >= 4 is 5.91 Å². The maximum atomic E-state index is 12.1. The average molecular weight is 212 g/mol. The van der Waals surface area contributed by atoms with Gasteiger partial charge in [-0.15, -0.1) is 0 Å². The van der Waals surface area contributed by atoms with Crippen molar-refractivity contribution in [1.29, 1.82) is 0 Å². The smallest absolute Gasteiger partial charge is 0.227 e. The van der Waals surface area contributed by atoms with Gasteiger partial charge in [-0.1, -0.05) is 0 Å². The van der Waals surface area contributed by atoms with Crippen molar-refractivity contribution in [3.63, 3.8) is 0 Å². The second kappa shape index (κ2) is 4.94. The van der Waals surface area contributed by atoms with Crippen molar-refractivity contribution in [2.24, 2.45) is 5.92 Å². The third-order valence-corrected chi connectivity index (χ3v) is 3.43. The normalized spacial score (nSPS) is 31.9. The molecule has 0 aromatic heterocycles. The minimum Gasteiger partial charge on any atom is -0.380 e. The van der Waals surface area contributed by atoms with Crippen LogP contribution in [0.1, 0.15) is 19.3 Å². The highest BCUT2D eigenvalue weighted by molar-refractivity contribution is 5.79. The minimum absolute atomic E-state index is 0.209. The largest absolute Gasteiger partial charge is 0.380 e. The Morgan fingerprint density at radius 1 is 1.47 bits per heavy atom. The number of likely N-dealkylation sites (tertiary alicyclic amines) is 1. The van der Waals surface area contributed by atoms with Crippen LogP contribution in [0, 0.1) is 5.92 Å². The number of amides is 1. The first-order chi connectivity index (χ1) is 7.31. The van der Waals surface area contributed by atoms with Gasteiger partial charge in [-0.3, -0.25) is 4.79 Å². The van der Waals surface area contributed by atoms with Gasteiger partial charge < -0.3 is 15.0 Å². The Bertz CT molecular complexity index is 227. The fraction of sp³-hybridized carbons (Fsp3) is 0.909. The van der Waals surface area contributed by atoms with Crippen LogP contribution in [0.2, 0.25) is 0 Å². The van der Waals surface area contributed by atoms with Crippen molar-refractivity contribution < 1.29 is 9.53 Å². The number of piperidine rings is 1. The van der Waals surface area contributed by atoms with E-state index in [2.05, 4.69) is 5.32 Å². The number of ether oxygens (including phenoxy) is 1. The molecule has 0 aromatic carbocycles. The zero-order valence-corrected chi connectivity index (χ0v) is 9.37. The van der Waals surface area contributed by atoms with Crippen molar-refractivity contribution in [2.75, 3.05) is 33.3 Å². The summed E-state index contributed by atoms with van der Waals surface area (Å²) in [6.45, 7) is 3.53. The molecule has 0 saturated carbocycles. The predicted molar refractivity (Wildman–Crippen MR) is 57.6 cm³/mol. The predicted octanol–water partition coefficient (Wildman–Crippen LogP) is 0.233. The van der Waals surface area contributed by atoms with Crippen LogP contribution in [-0.2, 0) is 9.53 Å². The van der Waals surface area contributed by atoms with Gasteiger partial charge in [0.2, 0.25) is 5.91 Å². The highest BCUT2D eigenvalue weighted by Gasteiger charge is 2.30. The molecule has 0 unspecified atom stereocenters. The van der Waals surface area contributed by atoms with E-state index in [9.17, 15) is 4.79 Å². The van der Waals surface area contributed by atoms with Crippen molar-refractivity contribution in [2.45, 2.75) is 25.4 Å². The van der Waals surface area contributed by atoms with E-state index in [1.165, 1.54) is 0 Å². The SMILES string of the molecule is CO[C@H]1CCCN(C(=O)[C@H]2CCNC2)C1. The summed E-state index contributed by atoms with van der Waals surface area (Å²) in [5.41, 5.74) is 0. The second-order valence-corrected chi connectivity index (χ2v) is 4.47. The maximum absolute atomic E-state index is 12.1. The van der Waals surface area contributed by atoms with Crippen LogP contribution in [0.15, 0.2) is 0 Å². The molecule has 2 aliphatic rings. The first-order valence-electron chi connectivity index (χ1n) is 5.83. The number of nitrogens with zero attached hydrogens (tertiary/aromatic N) is 1. The van der Waals surface area contributed by atoms with Gasteiger partial charge in [0.05, 0.1) is 12.0 Å². The monoisotopic (exact) mass is 212 g/mol. The first-order valence-corrected chi connectivity index (χ1v) is 5.83. The Hall–Kier alpha value is -0.610. The second-order valence-electron chi connectivity index (χ2n) is 4.47. The summed E-state index contributed by atoms with van der Waals surface area (Å²) in [5, 5.41) is 3.24. The fourth-order valence-corrected chi connectivity index (χ4v) is 2.45. The van der Waals surface area contributed by atoms with Crippen LogP contribution >= 0.6 is 0 Å². The van der Waals surface area contributed by atoms with Crippen LogP contribution in [0.25, 0.3) is 0 Å². The molecule has 0 aliphatic carbocycles. The van der Waals surface area contributed by atoms with E-state index in [-0.39, 0.29) is 12.0 Å². The summed E-state index contributed by atoms with van der Waals surface area (Å²) >= 11 is 0. The molecule has 0 radical (unpaired) electrons. The van der Waals surface area contributed by atoms with Crippen LogP contribution < -0.4 is 5.32 Å². The number of carbonyl (C=O) groups excluding carboxylic acids is 1. The Morgan fingerprint density at radius 3 is 3.00 bits per heavy atom. The topological polar surface area (TPSA) is 41.6 Å². The van der Waals surface area contributed by atoms with Gasteiger partial charge >= 0.3 is 0 Å². The van der Waals surface area contributed by atoms with Crippen LogP contribution in [0.4, 0.5) is 0 Å². The fourth-order valence-electron chi connectivity index (χ4n) is 2.45. The molecule has 4 nitrogen and oxygen atoms in total. The molecule has 1 N–H and O–H groups in total. The van der Waals surface area contributed by atoms with Gasteiger partial charge in [-0.25, -0.2) is 0 Å². The van der Waals surface area contributed by atoms with E-state index < -0.39 is 0 Å². The summed E-state index contributed by atoms with van der Waals surface area (Å²) in [4.78, 5) is 14.1. The summed E-state index contributed by atoms with van der Waals surface area (Å²) in [6, 6.07) is 0. The molecule has 0 bridgehead atoms. The number of rotatable bonds is 2. The van der Waals surface area contributed by atoms with Gasteiger partial charge in [0, 0.05) is 26.7 Å². The van der Waals surface area contributed by atoms with Gasteiger partial charge in [-0.05, 0) is 25.8 Å². The van der Waals surface area contributed by atoms with Crippen molar-refractivity contribution in [3.8, 4) is 0 Å². The van der Waals surface area contributed by atoms with E-state index in [0.717, 1.165) is 45.4 Å². The number of nitrogens with one attached hydrogen (secondary N) is 1. The standard InChI is InChI=1S/C11H20N2O2/c1-15-10-3-2-6-13(8-10)11(14)9-4-5-12-7-9/h9-10,12H,2-8H2,1H3/t9-,10-/m0/s1. The highest BCUT2D eigenvalue weighted by Crippen LogP contribution is 2.17. The highest BCUT2D eigenvalue weighted by atomic mass is 16.5. The lowest BCUT2D eigenvalue weighted by Crippen LogP contribution is -2.45. The van der Waals surface area contributed by atoms with Crippen LogP contribution in [0.5, 0.6) is 0 Å². The number of carbonyl (C=O) groups is 1. The van der Waals surface area contributed by atoms with Crippen molar-refractivity contribution in [3.05, 3.63) is 0 Å². The molecule has 2 heterocycles. The van der Waals surface area contributed by atoms with Gasteiger partial charge in [0.15, 0.2) is 0 Å². The molecule has 15 heavy (non-hydrogen) atoms. The lowest BCUT2D eigenvalue weighted by molar-refractivity contribution is -0.138. The summed E-state index contributed by atoms with van der Waals surface area (Å²) < 4.78 is 5.32. The molecule has 2 fully saturated rings. The molecule has 2 rings (SSSR count). The minimum atomic E-state index is 0.209. The Kier molecular flexibility index (Phi) is 3.59. The van der Waals surface area contributed by atoms with E-state index in [0.29, 0.717) is 5.91 Å². The molecule has 4 heteroatoms. The summed E-state index contributed by atoms with van der Waals surface area (Å²) in [7, 11) is 1.73. The van der Waals surface area contributed by atoms with E-state index >= 15 is 0 Å². The van der Waals surface area contributed by atoms with E-state index in [1.807, 2.05) is 4.90 Å². The zero-order valence-electron chi connectivity index (χ0n) is 9.37. The lowest BCUT2D eigenvalue weighted by atomic mass is 10.0. The quantitative estimate of drug-likeness (QED) is 0.712. The maximum Gasteiger partial charge on any atom is 0.227 e. The van der Waals surface area contributed by atoms with E-state index in [4.69, 9.17) is 4.74 Å². The molecule has 0 aromatic rings. The molecule has 1 amide bonds. The van der Waals surface area contributed by atoms with Gasteiger partial charge in [0.1, 0.15) is 0 Å². The number of hydrogen-bond donors (Lipinski definition) is 1. The molecular formula is C11H20N2O2. The third kappa shape index (κ3) is 2.49. The Labute approximate surface area is 91.0 Å². The van der Waals surface area contributed by atoms with Crippen LogP contribution in [-0.4, -0.2) is 50.2 Å². The van der Waals surface area contributed by atoms with Gasteiger partial charge in [0.25, 0.3) is 0 Å². The lowest BCUT2D eigenvalue weighted by Gasteiger charge is -2.33. The summed E-state index contributed by atoms with van der Waals surface area (Å²) in [5.74, 6) is 0.530. The molecule has 0 spiro atoms. The summed E-state index contributed by atoms with van der Waals surface area (Å²) in [6.07, 6.45) is 3.40. The van der Waals surface area contributed by atoms with Crippen LogP contribution in [0.3, 0.4) is 0 Å². The average Bonchev–Trinajstić information content (AvgIpc) is 2.81. The first kappa shape index (κ1) is 10.9. The van der Waals surface area contributed by atoms with Crippen molar-refractivity contribution in [1.82, 2.24) is 10.2 Å². The third-order valence-electron chi connectivity index (χ3n) is 3.43. The number of methoxy groups -OCH3 is 1. The Morgan fingerprint density at radius 2 is 2.33 bits per heavy atom. The molecule has 2 saturated heterocycles. The zero-order chi connectivity index (χ0) is 10.7. The molecule has 86 valence electrons. The molecular weight excluding hydrogens is 192 g/mol. The van der Waals surface area contributed by atoms with Gasteiger partial charge in [-0.2, -0.15) is 0 Å². The molecule has 2 aliphatic heterocycles. The van der Waals surface area contributed by atoms with E-state index in [1.54, 1.807) is 7.11 Å². The Balaban J connectivity index is 1.88. The molecule has 2 atom stereocenters. The number of hydrogen-bond acceptors (Lipinski definition) is 3.